The molecule has 0 saturated carbocycles. The Morgan fingerprint density at radius 1 is 1.35 bits per heavy atom. The Balaban J connectivity index is 1.66. The summed E-state index contributed by atoms with van der Waals surface area (Å²) in [6.45, 7) is 1.01. The highest BCUT2D eigenvalue weighted by Crippen LogP contribution is 2.20. The zero-order valence-electron chi connectivity index (χ0n) is 12.8. The van der Waals surface area contributed by atoms with Crippen molar-refractivity contribution in [2.45, 2.75) is 31.8 Å². The van der Waals surface area contributed by atoms with Gasteiger partial charge in [0.05, 0.1) is 11.8 Å². The van der Waals surface area contributed by atoms with Gasteiger partial charge in [-0.05, 0) is 37.0 Å². The van der Waals surface area contributed by atoms with Crippen molar-refractivity contribution < 1.29 is 14.0 Å². The third-order valence-electron chi connectivity index (χ3n) is 4.02. The van der Waals surface area contributed by atoms with Crippen LogP contribution in [-0.4, -0.2) is 34.3 Å². The molecule has 1 aliphatic rings. The lowest BCUT2D eigenvalue weighted by Gasteiger charge is -2.34. The number of aromatic nitrogens is 1. The standard InChI is InChI=1S/C17H19N3O3/c21-16(19-11-13-4-3-7-18-10-13)15-5-1-2-8-20(15)17(22)14-6-9-23-12-14/h3-4,6-7,9-10,12,15H,1-2,5,8,11H2,(H,19,21)/t15-/m0/s1. The second-order valence-corrected chi connectivity index (χ2v) is 5.60. The van der Waals surface area contributed by atoms with Gasteiger partial charge < -0.3 is 14.6 Å². The number of carbonyl (C=O) groups is 2. The van der Waals surface area contributed by atoms with Crippen LogP contribution >= 0.6 is 0 Å². The van der Waals surface area contributed by atoms with Crippen LogP contribution in [0.5, 0.6) is 0 Å². The molecule has 120 valence electrons. The van der Waals surface area contributed by atoms with Gasteiger partial charge in [-0.15, -0.1) is 0 Å². The number of nitrogens with one attached hydrogen (secondary N) is 1. The van der Waals surface area contributed by atoms with Gasteiger partial charge in [-0.2, -0.15) is 0 Å². The summed E-state index contributed by atoms with van der Waals surface area (Å²) < 4.78 is 4.97. The van der Waals surface area contributed by atoms with Gasteiger partial charge in [0.15, 0.2) is 0 Å². The lowest BCUT2D eigenvalue weighted by atomic mass is 10.0. The third kappa shape index (κ3) is 3.59. The van der Waals surface area contributed by atoms with E-state index in [2.05, 4.69) is 10.3 Å². The number of pyridine rings is 1. The molecule has 3 heterocycles. The fourth-order valence-electron chi connectivity index (χ4n) is 2.81. The van der Waals surface area contributed by atoms with Gasteiger partial charge in [0.25, 0.3) is 5.91 Å². The molecule has 0 spiro atoms. The van der Waals surface area contributed by atoms with Crippen LogP contribution in [0.25, 0.3) is 0 Å². The van der Waals surface area contributed by atoms with Crippen LogP contribution in [0.1, 0.15) is 35.2 Å². The topological polar surface area (TPSA) is 75.4 Å². The number of carbonyl (C=O) groups excluding carboxylic acids is 2. The van der Waals surface area contributed by atoms with Crippen LogP contribution in [0, 0.1) is 0 Å². The molecule has 0 aromatic carbocycles. The molecule has 2 aromatic rings. The van der Waals surface area contributed by atoms with Crippen LogP contribution in [0.2, 0.25) is 0 Å². The van der Waals surface area contributed by atoms with Gasteiger partial charge in [-0.1, -0.05) is 6.07 Å². The van der Waals surface area contributed by atoms with E-state index >= 15 is 0 Å². The Hall–Kier alpha value is -2.63. The molecule has 6 heteroatoms. The first-order valence-corrected chi connectivity index (χ1v) is 7.75. The third-order valence-corrected chi connectivity index (χ3v) is 4.02. The van der Waals surface area contributed by atoms with Crippen molar-refractivity contribution in [3.05, 3.63) is 54.2 Å². The van der Waals surface area contributed by atoms with Gasteiger partial charge in [-0.25, -0.2) is 0 Å². The largest absolute Gasteiger partial charge is 0.472 e. The Morgan fingerprint density at radius 2 is 2.26 bits per heavy atom. The number of piperidine rings is 1. The first-order valence-electron chi connectivity index (χ1n) is 7.75. The summed E-state index contributed by atoms with van der Waals surface area (Å²) in [5.41, 5.74) is 1.42. The predicted octanol–water partition coefficient (Wildman–Crippen LogP) is 1.99. The first kappa shape index (κ1) is 15.3. The molecular weight excluding hydrogens is 294 g/mol. The Morgan fingerprint density at radius 3 is 3.00 bits per heavy atom. The van der Waals surface area contributed by atoms with Crippen molar-refractivity contribution in [3.63, 3.8) is 0 Å². The number of nitrogens with zero attached hydrogens (tertiary/aromatic N) is 2. The lowest BCUT2D eigenvalue weighted by molar-refractivity contribution is -0.126. The molecule has 2 amide bonds. The van der Waals surface area contributed by atoms with E-state index in [0.717, 1.165) is 18.4 Å². The number of amides is 2. The highest BCUT2D eigenvalue weighted by atomic mass is 16.3. The van der Waals surface area contributed by atoms with Gasteiger partial charge >= 0.3 is 0 Å². The van der Waals surface area contributed by atoms with E-state index in [0.29, 0.717) is 25.1 Å². The molecule has 6 nitrogen and oxygen atoms in total. The Labute approximate surface area is 134 Å². The SMILES string of the molecule is O=C(NCc1cccnc1)[C@@H]1CCCCN1C(=O)c1ccoc1. The summed E-state index contributed by atoms with van der Waals surface area (Å²) in [5, 5.41) is 2.90. The molecule has 1 aliphatic heterocycles. The number of hydrogen-bond acceptors (Lipinski definition) is 4. The number of furan rings is 1. The van der Waals surface area contributed by atoms with Crippen molar-refractivity contribution in [1.29, 1.82) is 0 Å². The second-order valence-electron chi connectivity index (χ2n) is 5.60. The maximum atomic E-state index is 12.5. The van der Waals surface area contributed by atoms with Crippen molar-refractivity contribution >= 4 is 11.8 Å². The molecule has 0 aliphatic carbocycles. The van der Waals surface area contributed by atoms with Crippen molar-refractivity contribution in [2.24, 2.45) is 0 Å². The molecule has 2 aromatic heterocycles. The average molecular weight is 313 g/mol. The fraction of sp³-hybridized carbons (Fsp3) is 0.353. The maximum absolute atomic E-state index is 12.5. The maximum Gasteiger partial charge on any atom is 0.257 e. The molecule has 1 fully saturated rings. The van der Waals surface area contributed by atoms with E-state index in [9.17, 15) is 9.59 Å². The van der Waals surface area contributed by atoms with Gasteiger partial charge in [0.2, 0.25) is 5.91 Å². The van der Waals surface area contributed by atoms with E-state index in [1.54, 1.807) is 23.4 Å². The highest BCUT2D eigenvalue weighted by molar-refractivity contribution is 5.97. The van der Waals surface area contributed by atoms with Gasteiger partial charge in [0, 0.05) is 25.5 Å². The molecule has 0 radical (unpaired) electrons. The minimum absolute atomic E-state index is 0.120. The summed E-state index contributed by atoms with van der Waals surface area (Å²) in [6, 6.07) is 4.93. The summed E-state index contributed by atoms with van der Waals surface area (Å²) in [7, 11) is 0. The molecule has 1 saturated heterocycles. The first-order chi connectivity index (χ1) is 11.3. The van der Waals surface area contributed by atoms with Crippen LogP contribution in [0.15, 0.2) is 47.5 Å². The van der Waals surface area contributed by atoms with Crippen molar-refractivity contribution in [1.82, 2.24) is 15.2 Å². The minimum Gasteiger partial charge on any atom is -0.472 e. The van der Waals surface area contributed by atoms with Gasteiger partial charge in [-0.3, -0.25) is 14.6 Å². The molecule has 0 bridgehead atoms. The van der Waals surface area contributed by atoms with Gasteiger partial charge in [0.1, 0.15) is 12.3 Å². The van der Waals surface area contributed by atoms with Crippen LogP contribution in [0.4, 0.5) is 0 Å². The normalized spacial score (nSPS) is 17.7. The Kier molecular flexibility index (Phi) is 4.71. The molecule has 0 unspecified atom stereocenters. The zero-order valence-corrected chi connectivity index (χ0v) is 12.8. The highest BCUT2D eigenvalue weighted by Gasteiger charge is 2.32. The fourth-order valence-corrected chi connectivity index (χ4v) is 2.81. The number of rotatable bonds is 4. The molecule has 23 heavy (non-hydrogen) atoms. The smallest absolute Gasteiger partial charge is 0.257 e. The summed E-state index contributed by atoms with van der Waals surface area (Å²) >= 11 is 0. The molecule has 1 atom stereocenters. The lowest BCUT2D eigenvalue weighted by Crippen LogP contribution is -2.51. The average Bonchev–Trinajstić information content (AvgIpc) is 3.14. The zero-order chi connectivity index (χ0) is 16.1. The van der Waals surface area contributed by atoms with E-state index in [4.69, 9.17) is 4.42 Å². The molecule has 1 N–H and O–H groups in total. The summed E-state index contributed by atoms with van der Waals surface area (Å²) in [5.74, 6) is -0.273. The predicted molar refractivity (Wildman–Crippen MR) is 83.5 cm³/mol. The number of likely N-dealkylation sites (tertiary alicyclic amines) is 1. The second kappa shape index (κ2) is 7.09. The summed E-state index contributed by atoms with van der Waals surface area (Å²) in [6.07, 6.45) is 8.84. The molecular formula is C17H19N3O3. The number of hydrogen-bond donors (Lipinski definition) is 1. The van der Waals surface area contributed by atoms with E-state index < -0.39 is 6.04 Å². The van der Waals surface area contributed by atoms with E-state index in [1.807, 2.05) is 12.1 Å². The van der Waals surface area contributed by atoms with Crippen LogP contribution < -0.4 is 5.32 Å². The van der Waals surface area contributed by atoms with Crippen molar-refractivity contribution in [3.8, 4) is 0 Å². The summed E-state index contributed by atoms with van der Waals surface area (Å²) in [4.78, 5) is 30.7. The van der Waals surface area contributed by atoms with Crippen molar-refractivity contribution in [2.75, 3.05) is 6.54 Å². The van der Waals surface area contributed by atoms with E-state index in [1.165, 1.54) is 12.5 Å². The Bertz CT molecular complexity index is 655. The van der Waals surface area contributed by atoms with Crippen LogP contribution in [-0.2, 0) is 11.3 Å². The monoisotopic (exact) mass is 313 g/mol. The van der Waals surface area contributed by atoms with Crippen LogP contribution in [0.3, 0.4) is 0 Å². The minimum atomic E-state index is -0.428. The van der Waals surface area contributed by atoms with E-state index in [-0.39, 0.29) is 11.8 Å². The quantitative estimate of drug-likeness (QED) is 0.936. The molecule has 3 rings (SSSR count).